The molecule has 1 aromatic heterocycles. The van der Waals surface area contributed by atoms with Gasteiger partial charge in [-0.25, -0.2) is 4.98 Å². The third kappa shape index (κ3) is 2.54. The molecule has 0 radical (unpaired) electrons. The molecule has 82 valence electrons. The highest BCUT2D eigenvalue weighted by Gasteiger charge is 2.04. The van der Waals surface area contributed by atoms with E-state index < -0.39 is 0 Å². The van der Waals surface area contributed by atoms with Gasteiger partial charge in [-0.15, -0.1) is 0 Å². The average molecular weight is 298 g/mol. The summed E-state index contributed by atoms with van der Waals surface area (Å²) in [7, 11) is 0. The number of halogens is 2. The first-order chi connectivity index (χ1) is 7.66. The Kier molecular flexibility index (Phi) is 3.46. The van der Waals surface area contributed by atoms with Crippen LogP contribution in [-0.2, 0) is 0 Å². The van der Waals surface area contributed by atoms with Gasteiger partial charge in [-0.3, -0.25) is 0 Å². The van der Waals surface area contributed by atoms with E-state index in [4.69, 9.17) is 11.6 Å². The SMILES string of the molecule is Cc1ccc(Br)c(Nc2ccccc2Cl)n1. The van der Waals surface area contributed by atoms with Crippen molar-refractivity contribution in [2.75, 3.05) is 5.32 Å². The molecule has 2 aromatic rings. The van der Waals surface area contributed by atoms with Crippen molar-refractivity contribution in [3.05, 3.63) is 51.6 Å². The molecule has 0 bridgehead atoms. The number of hydrogen-bond donors (Lipinski definition) is 1. The maximum absolute atomic E-state index is 6.06. The Labute approximate surface area is 108 Å². The van der Waals surface area contributed by atoms with Crippen LogP contribution in [0.15, 0.2) is 40.9 Å². The second kappa shape index (κ2) is 4.85. The van der Waals surface area contributed by atoms with Crippen molar-refractivity contribution in [3.63, 3.8) is 0 Å². The molecule has 4 heteroatoms. The first-order valence-electron chi connectivity index (χ1n) is 4.81. The third-order valence-electron chi connectivity index (χ3n) is 2.11. The van der Waals surface area contributed by atoms with Gasteiger partial charge >= 0.3 is 0 Å². The fourth-order valence-corrected chi connectivity index (χ4v) is 1.82. The number of aromatic nitrogens is 1. The van der Waals surface area contributed by atoms with E-state index in [9.17, 15) is 0 Å². The Morgan fingerprint density at radius 3 is 2.69 bits per heavy atom. The molecule has 1 N–H and O–H groups in total. The smallest absolute Gasteiger partial charge is 0.145 e. The van der Waals surface area contributed by atoms with Gasteiger partial charge in [0.2, 0.25) is 0 Å². The van der Waals surface area contributed by atoms with Crippen molar-refractivity contribution in [1.29, 1.82) is 0 Å². The van der Waals surface area contributed by atoms with Crippen molar-refractivity contribution in [3.8, 4) is 0 Å². The largest absolute Gasteiger partial charge is 0.338 e. The molecule has 2 rings (SSSR count). The molecule has 1 heterocycles. The van der Waals surface area contributed by atoms with Gasteiger partial charge in [-0.2, -0.15) is 0 Å². The van der Waals surface area contributed by atoms with Gasteiger partial charge in [0.1, 0.15) is 5.82 Å². The van der Waals surface area contributed by atoms with E-state index in [1.165, 1.54) is 0 Å². The number of para-hydroxylation sites is 1. The van der Waals surface area contributed by atoms with Crippen LogP contribution < -0.4 is 5.32 Å². The molecule has 0 aliphatic carbocycles. The first kappa shape index (κ1) is 11.4. The Morgan fingerprint density at radius 1 is 1.19 bits per heavy atom. The van der Waals surface area contributed by atoms with E-state index in [1.807, 2.05) is 43.3 Å². The van der Waals surface area contributed by atoms with Crippen molar-refractivity contribution < 1.29 is 0 Å². The normalized spacial score (nSPS) is 10.2. The molecular formula is C12H10BrClN2. The monoisotopic (exact) mass is 296 g/mol. The summed E-state index contributed by atoms with van der Waals surface area (Å²) in [6.45, 7) is 1.95. The molecule has 0 aliphatic heterocycles. The fourth-order valence-electron chi connectivity index (χ4n) is 1.32. The lowest BCUT2D eigenvalue weighted by Gasteiger charge is -2.09. The van der Waals surface area contributed by atoms with Gasteiger partial charge in [0.05, 0.1) is 15.2 Å². The van der Waals surface area contributed by atoms with Gasteiger partial charge in [-0.1, -0.05) is 23.7 Å². The Morgan fingerprint density at radius 2 is 1.94 bits per heavy atom. The lowest BCUT2D eigenvalue weighted by molar-refractivity contribution is 1.19. The molecule has 2 nitrogen and oxygen atoms in total. The van der Waals surface area contributed by atoms with Crippen molar-refractivity contribution >= 4 is 39.0 Å². The Balaban J connectivity index is 2.34. The molecule has 1 aromatic carbocycles. The molecule has 0 unspecified atom stereocenters. The van der Waals surface area contributed by atoms with E-state index in [2.05, 4.69) is 26.2 Å². The van der Waals surface area contributed by atoms with Crippen molar-refractivity contribution in [2.24, 2.45) is 0 Å². The van der Waals surface area contributed by atoms with Crippen LogP contribution in [-0.4, -0.2) is 4.98 Å². The number of hydrogen-bond acceptors (Lipinski definition) is 2. The van der Waals surface area contributed by atoms with E-state index in [1.54, 1.807) is 0 Å². The van der Waals surface area contributed by atoms with E-state index in [-0.39, 0.29) is 0 Å². The van der Waals surface area contributed by atoms with Crippen molar-refractivity contribution in [1.82, 2.24) is 4.98 Å². The molecule has 0 aliphatic rings. The number of anilines is 2. The van der Waals surface area contributed by atoms with Crippen LogP contribution in [0, 0.1) is 6.92 Å². The highest BCUT2D eigenvalue weighted by Crippen LogP contribution is 2.28. The second-order valence-corrected chi connectivity index (χ2v) is 4.65. The lowest BCUT2D eigenvalue weighted by atomic mass is 10.3. The quantitative estimate of drug-likeness (QED) is 0.879. The molecule has 0 saturated carbocycles. The van der Waals surface area contributed by atoms with Gasteiger partial charge in [-0.05, 0) is 47.1 Å². The van der Waals surface area contributed by atoms with Crippen LogP contribution in [0.4, 0.5) is 11.5 Å². The molecule has 0 spiro atoms. The molecular weight excluding hydrogens is 288 g/mol. The minimum atomic E-state index is 0.678. The van der Waals surface area contributed by atoms with Crippen LogP contribution in [0.5, 0.6) is 0 Å². The zero-order valence-corrected chi connectivity index (χ0v) is 11.0. The van der Waals surface area contributed by atoms with Gasteiger partial charge < -0.3 is 5.32 Å². The van der Waals surface area contributed by atoms with Crippen LogP contribution in [0.25, 0.3) is 0 Å². The molecule has 16 heavy (non-hydrogen) atoms. The summed E-state index contributed by atoms with van der Waals surface area (Å²) in [4.78, 5) is 4.39. The average Bonchev–Trinajstić information content (AvgIpc) is 2.27. The van der Waals surface area contributed by atoms with Crippen LogP contribution in [0.2, 0.25) is 5.02 Å². The standard InChI is InChI=1S/C12H10BrClN2/c1-8-6-7-9(13)12(15-8)16-11-5-3-2-4-10(11)14/h2-7H,1H3,(H,15,16). The Hall–Kier alpha value is -1.06. The zero-order chi connectivity index (χ0) is 11.5. The summed E-state index contributed by atoms with van der Waals surface area (Å²) in [5.74, 6) is 0.771. The van der Waals surface area contributed by atoms with Crippen molar-refractivity contribution in [2.45, 2.75) is 6.92 Å². The summed E-state index contributed by atoms with van der Waals surface area (Å²) in [6.07, 6.45) is 0. The number of nitrogens with zero attached hydrogens (tertiary/aromatic N) is 1. The lowest BCUT2D eigenvalue weighted by Crippen LogP contribution is -1.96. The van der Waals surface area contributed by atoms with Gasteiger partial charge in [0, 0.05) is 5.69 Å². The minimum Gasteiger partial charge on any atom is -0.338 e. The molecule has 0 fully saturated rings. The summed E-state index contributed by atoms with van der Waals surface area (Å²) in [5, 5.41) is 3.87. The fraction of sp³-hybridized carbons (Fsp3) is 0.0833. The second-order valence-electron chi connectivity index (χ2n) is 3.39. The summed E-state index contributed by atoms with van der Waals surface area (Å²) in [5.41, 5.74) is 1.81. The Bertz CT molecular complexity index is 514. The predicted octanol–water partition coefficient (Wildman–Crippen LogP) is 4.55. The summed E-state index contributed by atoms with van der Waals surface area (Å²) < 4.78 is 0.915. The number of nitrogens with one attached hydrogen (secondary N) is 1. The summed E-state index contributed by atoms with van der Waals surface area (Å²) in [6, 6.07) is 11.5. The number of pyridine rings is 1. The van der Waals surface area contributed by atoms with E-state index in [0.717, 1.165) is 21.7 Å². The minimum absolute atomic E-state index is 0.678. The molecule has 0 atom stereocenters. The van der Waals surface area contributed by atoms with Gasteiger partial charge in [0.15, 0.2) is 0 Å². The molecule has 0 amide bonds. The number of benzene rings is 1. The van der Waals surface area contributed by atoms with Crippen LogP contribution in [0.1, 0.15) is 5.69 Å². The summed E-state index contributed by atoms with van der Waals surface area (Å²) >= 11 is 9.51. The molecule has 0 saturated heterocycles. The third-order valence-corrected chi connectivity index (χ3v) is 3.08. The van der Waals surface area contributed by atoms with Crippen LogP contribution in [0.3, 0.4) is 0 Å². The predicted molar refractivity (Wildman–Crippen MR) is 71.4 cm³/mol. The highest BCUT2D eigenvalue weighted by atomic mass is 79.9. The van der Waals surface area contributed by atoms with Crippen LogP contribution >= 0.6 is 27.5 Å². The first-order valence-corrected chi connectivity index (χ1v) is 5.98. The number of aryl methyl sites for hydroxylation is 1. The maximum Gasteiger partial charge on any atom is 0.145 e. The van der Waals surface area contributed by atoms with E-state index in [0.29, 0.717) is 5.02 Å². The number of rotatable bonds is 2. The highest BCUT2D eigenvalue weighted by molar-refractivity contribution is 9.10. The zero-order valence-electron chi connectivity index (χ0n) is 8.67. The van der Waals surface area contributed by atoms with Gasteiger partial charge in [0.25, 0.3) is 0 Å². The topological polar surface area (TPSA) is 24.9 Å². The maximum atomic E-state index is 6.06. The van der Waals surface area contributed by atoms with E-state index >= 15 is 0 Å².